The maximum Gasteiger partial charge on any atom is 0.0767 e. The maximum atomic E-state index is 10.3. The molecule has 2 aromatic rings. The Morgan fingerprint density at radius 1 is 0.826 bits per heavy atom. The first-order valence-electron chi connectivity index (χ1n) is 8.38. The molecule has 0 aliphatic rings. The van der Waals surface area contributed by atoms with E-state index < -0.39 is 5.60 Å². The van der Waals surface area contributed by atoms with Crippen LogP contribution in [0.2, 0.25) is 0 Å². The first-order chi connectivity index (χ1) is 10.8. The van der Waals surface area contributed by atoms with Gasteiger partial charge in [0.25, 0.3) is 0 Å². The van der Waals surface area contributed by atoms with E-state index in [1.165, 1.54) is 11.1 Å². The predicted molar refractivity (Wildman–Crippen MR) is 97.7 cm³/mol. The lowest BCUT2D eigenvalue weighted by Crippen LogP contribution is -2.56. The SMILES string of the molecule is CC(C)(O)C(C)(C)NCCC(c1ccccc1)c1ccccc1. The van der Waals surface area contributed by atoms with Gasteiger partial charge in [0, 0.05) is 11.5 Å². The summed E-state index contributed by atoms with van der Waals surface area (Å²) in [6, 6.07) is 21.3. The fourth-order valence-electron chi connectivity index (χ4n) is 2.64. The minimum Gasteiger partial charge on any atom is -0.389 e. The van der Waals surface area contributed by atoms with E-state index >= 15 is 0 Å². The average Bonchev–Trinajstić information content (AvgIpc) is 2.52. The molecular weight excluding hydrogens is 282 g/mol. The minimum atomic E-state index is -0.762. The fraction of sp³-hybridized carbons (Fsp3) is 0.429. The van der Waals surface area contributed by atoms with Crippen molar-refractivity contribution in [2.24, 2.45) is 0 Å². The number of hydrogen-bond donors (Lipinski definition) is 2. The Kier molecular flexibility index (Phi) is 5.61. The van der Waals surface area contributed by atoms with E-state index in [-0.39, 0.29) is 5.54 Å². The van der Waals surface area contributed by atoms with Crippen molar-refractivity contribution in [2.75, 3.05) is 6.54 Å². The molecule has 2 N–H and O–H groups in total. The molecule has 124 valence electrons. The quantitative estimate of drug-likeness (QED) is 0.797. The second kappa shape index (κ2) is 7.29. The Morgan fingerprint density at radius 3 is 1.65 bits per heavy atom. The molecule has 0 atom stereocenters. The largest absolute Gasteiger partial charge is 0.389 e. The van der Waals surface area contributed by atoms with E-state index in [0.717, 1.165) is 13.0 Å². The Morgan fingerprint density at radius 2 is 1.26 bits per heavy atom. The summed E-state index contributed by atoms with van der Waals surface area (Å²) in [7, 11) is 0. The predicted octanol–water partition coefficient (Wildman–Crippen LogP) is 4.35. The van der Waals surface area contributed by atoms with Crippen LogP contribution >= 0.6 is 0 Å². The van der Waals surface area contributed by atoms with Crippen LogP contribution in [0.1, 0.15) is 51.2 Å². The summed E-state index contributed by atoms with van der Waals surface area (Å²) >= 11 is 0. The van der Waals surface area contributed by atoms with Gasteiger partial charge >= 0.3 is 0 Å². The summed E-state index contributed by atoms with van der Waals surface area (Å²) in [5.74, 6) is 0.363. The lowest BCUT2D eigenvalue weighted by Gasteiger charge is -2.38. The Labute approximate surface area is 140 Å². The van der Waals surface area contributed by atoms with Crippen LogP contribution in [-0.4, -0.2) is 22.8 Å². The van der Waals surface area contributed by atoms with Crippen LogP contribution in [0, 0.1) is 0 Å². The molecule has 2 aromatic carbocycles. The maximum absolute atomic E-state index is 10.3. The van der Waals surface area contributed by atoms with Gasteiger partial charge in [-0.2, -0.15) is 0 Å². The molecule has 0 fully saturated rings. The monoisotopic (exact) mass is 311 g/mol. The number of hydrogen-bond acceptors (Lipinski definition) is 2. The van der Waals surface area contributed by atoms with E-state index in [1.807, 2.05) is 27.7 Å². The topological polar surface area (TPSA) is 32.3 Å². The zero-order valence-corrected chi connectivity index (χ0v) is 14.7. The molecule has 0 radical (unpaired) electrons. The van der Waals surface area contributed by atoms with E-state index in [9.17, 15) is 5.11 Å². The van der Waals surface area contributed by atoms with Crippen LogP contribution in [0.15, 0.2) is 60.7 Å². The number of benzene rings is 2. The van der Waals surface area contributed by atoms with Gasteiger partial charge in [0.2, 0.25) is 0 Å². The molecule has 23 heavy (non-hydrogen) atoms. The highest BCUT2D eigenvalue weighted by Crippen LogP contribution is 2.28. The Hall–Kier alpha value is -1.64. The first-order valence-corrected chi connectivity index (χ1v) is 8.38. The lowest BCUT2D eigenvalue weighted by atomic mass is 9.84. The van der Waals surface area contributed by atoms with E-state index in [1.54, 1.807) is 0 Å². The molecule has 0 aliphatic heterocycles. The summed E-state index contributed by atoms with van der Waals surface area (Å²) in [5.41, 5.74) is 1.58. The van der Waals surface area contributed by atoms with Crippen molar-refractivity contribution in [3.63, 3.8) is 0 Å². The third-order valence-corrected chi connectivity index (χ3v) is 4.93. The molecule has 0 amide bonds. The summed E-state index contributed by atoms with van der Waals surface area (Å²) in [6.07, 6.45) is 0.994. The number of aliphatic hydroxyl groups is 1. The molecule has 0 saturated heterocycles. The normalized spacial score (nSPS) is 12.6. The molecule has 2 nitrogen and oxygen atoms in total. The molecular formula is C21H29NO. The average molecular weight is 311 g/mol. The van der Waals surface area contributed by atoms with Crippen molar-refractivity contribution < 1.29 is 5.11 Å². The molecule has 0 unspecified atom stereocenters. The zero-order chi connectivity index (χ0) is 16.9. The number of nitrogens with one attached hydrogen (secondary N) is 1. The summed E-state index contributed by atoms with van der Waals surface area (Å²) in [6.45, 7) is 8.66. The summed E-state index contributed by atoms with van der Waals surface area (Å²) in [4.78, 5) is 0. The van der Waals surface area contributed by atoms with Crippen molar-refractivity contribution in [3.8, 4) is 0 Å². The first kappa shape index (κ1) is 17.7. The molecule has 2 heteroatoms. The number of rotatable bonds is 7. The van der Waals surface area contributed by atoms with Gasteiger partial charge in [0.1, 0.15) is 0 Å². The van der Waals surface area contributed by atoms with Crippen LogP contribution in [-0.2, 0) is 0 Å². The van der Waals surface area contributed by atoms with Crippen molar-refractivity contribution in [1.29, 1.82) is 0 Å². The standard InChI is InChI=1S/C21H29NO/c1-20(2,21(3,4)23)22-16-15-19(17-11-7-5-8-12-17)18-13-9-6-10-14-18/h5-14,19,22-23H,15-16H2,1-4H3. The van der Waals surface area contributed by atoms with Crippen molar-refractivity contribution in [3.05, 3.63) is 71.8 Å². The third-order valence-electron chi connectivity index (χ3n) is 4.93. The molecule has 0 aromatic heterocycles. The molecule has 0 saturated carbocycles. The highest BCUT2D eigenvalue weighted by Gasteiger charge is 2.34. The molecule has 0 spiro atoms. The second-order valence-electron chi connectivity index (χ2n) is 7.27. The van der Waals surface area contributed by atoms with Crippen molar-refractivity contribution in [1.82, 2.24) is 5.32 Å². The van der Waals surface area contributed by atoms with Crippen LogP contribution < -0.4 is 5.32 Å². The van der Waals surface area contributed by atoms with Crippen LogP contribution in [0.5, 0.6) is 0 Å². The van der Waals surface area contributed by atoms with Crippen LogP contribution in [0.3, 0.4) is 0 Å². The minimum absolute atomic E-state index is 0.328. The van der Waals surface area contributed by atoms with Gasteiger partial charge in [-0.25, -0.2) is 0 Å². The molecule has 0 aliphatic carbocycles. The summed E-state index contributed by atoms with van der Waals surface area (Å²) in [5, 5.41) is 13.8. The lowest BCUT2D eigenvalue weighted by molar-refractivity contribution is -0.00446. The van der Waals surface area contributed by atoms with E-state index in [2.05, 4.69) is 66.0 Å². The molecule has 0 heterocycles. The van der Waals surface area contributed by atoms with Crippen LogP contribution in [0.4, 0.5) is 0 Å². The van der Waals surface area contributed by atoms with Gasteiger partial charge < -0.3 is 10.4 Å². The van der Waals surface area contributed by atoms with Crippen LogP contribution in [0.25, 0.3) is 0 Å². The van der Waals surface area contributed by atoms with Gasteiger partial charge in [-0.1, -0.05) is 60.7 Å². The highest BCUT2D eigenvalue weighted by molar-refractivity contribution is 5.32. The third kappa shape index (κ3) is 4.66. The Bertz CT molecular complexity index is 545. The molecule has 0 bridgehead atoms. The van der Waals surface area contributed by atoms with Crippen molar-refractivity contribution in [2.45, 2.75) is 51.2 Å². The van der Waals surface area contributed by atoms with Gasteiger partial charge in [-0.3, -0.25) is 0 Å². The van der Waals surface area contributed by atoms with E-state index in [4.69, 9.17) is 0 Å². The smallest absolute Gasteiger partial charge is 0.0767 e. The zero-order valence-electron chi connectivity index (χ0n) is 14.7. The van der Waals surface area contributed by atoms with Gasteiger partial charge in [0.15, 0.2) is 0 Å². The molecule has 2 rings (SSSR count). The van der Waals surface area contributed by atoms with Gasteiger partial charge in [-0.15, -0.1) is 0 Å². The highest BCUT2D eigenvalue weighted by atomic mass is 16.3. The van der Waals surface area contributed by atoms with E-state index in [0.29, 0.717) is 5.92 Å². The van der Waals surface area contributed by atoms with Gasteiger partial charge in [0.05, 0.1) is 5.60 Å². The van der Waals surface area contributed by atoms with Crippen molar-refractivity contribution >= 4 is 0 Å². The fourth-order valence-corrected chi connectivity index (χ4v) is 2.64. The Balaban J connectivity index is 2.11. The second-order valence-corrected chi connectivity index (χ2v) is 7.27. The van der Waals surface area contributed by atoms with Gasteiger partial charge in [-0.05, 0) is 51.8 Å². The summed E-state index contributed by atoms with van der Waals surface area (Å²) < 4.78 is 0.